The van der Waals surface area contributed by atoms with Crippen molar-refractivity contribution in [3.05, 3.63) is 35.3 Å². The Hall–Kier alpha value is -1.72. The zero-order chi connectivity index (χ0) is 15.1. The quantitative estimate of drug-likeness (QED) is 0.641. The number of carbonyl (C=O) groups excluding carboxylic acids is 1. The third-order valence-corrected chi connectivity index (χ3v) is 5.34. The van der Waals surface area contributed by atoms with E-state index in [1.165, 1.54) is 0 Å². The number of hydrogen-bond acceptors (Lipinski definition) is 5. The number of rotatable bonds is 3. The fourth-order valence-electron chi connectivity index (χ4n) is 3.26. The molecule has 4 rings (SSSR count). The second-order valence-electron chi connectivity index (χ2n) is 5.96. The first-order chi connectivity index (χ1) is 10.7. The van der Waals surface area contributed by atoms with Crippen molar-refractivity contribution in [1.29, 1.82) is 0 Å². The van der Waals surface area contributed by atoms with E-state index >= 15 is 0 Å². The van der Waals surface area contributed by atoms with Crippen molar-refractivity contribution >= 4 is 17.3 Å². The van der Waals surface area contributed by atoms with Crippen LogP contribution in [0, 0.1) is 12.8 Å². The largest absolute Gasteiger partial charge is 0.426 e. The van der Waals surface area contributed by atoms with Crippen LogP contribution in [-0.2, 0) is 9.53 Å². The molecule has 0 saturated carbocycles. The molecule has 0 amide bonds. The first-order valence-corrected chi connectivity index (χ1v) is 8.47. The molecule has 2 saturated heterocycles. The number of thiazole rings is 1. The SMILES string of the molecule is Cc1csc(-c2cccc(OC(=O)C3CC4CCC3O4)c2)n1. The first-order valence-electron chi connectivity index (χ1n) is 7.59. The molecular formula is C17H17NO3S. The summed E-state index contributed by atoms with van der Waals surface area (Å²) in [5.74, 6) is 0.308. The molecular weight excluding hydrogens is 298 g/mol. The minimum absolute atomic E-state index is 0.0577. The van der Waals surface area contributed by atoms with Crippen molar-refractivity contribution in [2.45, 2.75) is 38.4 Å². The zero-order valence-electron chi connectivity index (χ0n) is 12.3. The van der Waals surface area contributed by atoms with Gasteiger partial charge in [0.15, 0.2) is 0 Å². The molecule has 4 nitrogen and oxygen atoms in total. The average molecular weight is 315 g/mol. The molecule has 2 aromatic rings. The predicted molar refractivity (Wildman–Crippen MR) is 83.9 cm³/mol. The molecule has 2 aliphatic heterocycles. The van der Waals surface area contributed by atoms with E-state index in [-0.39, 0.29) is 24.1 Å². The van der Waals surface area contributed by atoms with Gasteiger partial charge in [0.2, 0.25) is 0 Å². The number of aromatic nitrogens is 1. The first kappa shape index (κ1) is 13.9. The highest BCUT2D eigenvalue weighted by Crippen LogP contribution is 2.39. The Kier molecular flexibility index (Phi) is 3.47. The van der Waals surface area contributed by atoms with Gasteiger partial charge >= 0.3 is 5.97 Å². The summed E-state index contributed by atoms with van der Waals surface area (Å²) < 4.78 is 11.3. The summed E-state index contributed by atoms with van der Waals surface area (Å²) >= 11 is 1.59. The van der Waals surface area contributed by atoms with Crippen LogP contribution >= 0.6 is 11.3 Å². The van der Waals surface area contributed by atoms with Gasteiger partial charge in [0.1, 0.15) is 10.8 Å². The minimum atomic E-state index is -0.167. The van der Waals surface area contributed by atoms with E-state index in [4.69, 9.17) is 9.47 Å². The van der Waals surface area contributed by atoms with Gasteiger partial charge in [0.05, 0.1) is 18.1 Å². The third kappa shape index (κ3) is 2.55. The molecule has 0 aliphatic carbocycles. The summed E-state index contributed by atoms with van der Waals surface area (Å²) in [6.07, 6.45) is 3.17. The number of carbonyl (C=O) groups is 1. The van der Waals surface area contributed by atoms with Gasteiger partial charge in [-0.2, -0.15) is 0 Å². The van der Waals surface area contributed by atoms with Crippen LogP contribution in [0.1, 0.15) is 25.0 Å². The number of nitrogens with zero attached hydrogens (tertiary/aromatic N) is 1. The lowest BCUT2D eigenvalue weighted by atomic mass is 9.89. The van der Waals surface area contributed by atoms with Crippen molar-refractivity contribution in [1.82, 2.24) is 4.98 Å². The van der Waals surface area contributed by atoms with E-state index in [0.717, 1.165) is 35.5 Å². The smallest absolute Gasteiger partial charge is 0.317 e. The Labute approximate surface area is 133 Å². The molecule has 5 heteroatoms. The number of fused-ring (bicyclic) bond motifs is 2. The molecule has 2 bridgehead atoms. The van der Waals surface area contributed by atoms with E-state index in [1.54, 1.807) is 11.3 Å². The molecule has 2 fully saturated rings. The van der Waals surface area contributed by atoms with E-state index in [9.17, 15) is 4.79 Å². The zero-order valence-corrected chi connectivity index (χ0v) is 13.1. The maximum absolute atomic E-state index is 12.3. The molecule has 1 aromatic heterocycles. The van der Waals surface area contributed by atoms with Gasteiger partial charge in [-0.25, -0.2) is 4.98 Å². The van der Waals surface area contributed by atoms with E-state index < -0.39 is 0 Å². The second kappa shape index (κ2) is 5.48. The van der Waals surface area contributed by atoms with Crippen molar-refractivity contribution in [3.63, 3.8) is 0 Å². The molecule has 114 valence electrons. The topological polar surface area (TPSA) is 48.4 Å². The highest BCUT2D eigenvalue weighted by molar-refractivity contribution is 7.13. The maximum atomic E-state index is 12.3. The van der Waals surface area contributed by atoms with Crippen LogP contribution in [-0.4, -0.2) is 23.2 Å². The molecule has 3 heterocycles. The normalized spacial score (nSPS) is 26.3. The molecule has 1 aromatic carbocycles. The Balaban J connectivity index is 1.50. The summed E-state index contributed by atoms with van der Waals surface area (Å²) in [7, 11) is 0. The van der Waals surface area contributed by atoms with Crippen LogP contribution in [0.2, 0.25) is 0 Å². The Morgan fingerprint density at radius 3 is 3.00 bits per heavy atom. The van der Waals surface area contributed by atoms with Crippen LogP contribution in [0.5, 0.6) is 5.75 Å². The maximum Gasteiger partial charge on any atom is 0.317 e. The highest BCUT2D eigenvalue weighted by atomic mass is 32.1. The summed E-state index contributed by atoms with van der Waals surface area (Å²) in [6, 6.07) is 7.57. The number of aryl methyl sites for hydroxylation is 1. The average Bonchev–Trinajstić information content (AvgIpc) is 3.23. The number of hydrogen-bond donors (Lipinski definition) is 0. The Morgan fingerprint density at radius 2 is 2.32 bits per heavy atom. The van der Waals surface area contributed by atoms with Gasteiger partial charge in [-0.1, -0.05) is 12.1 Å². The number of esters is 1. The molecule has 22 heavy (non-hydrogen) atoms. The van der Waals surface area contributed by atoms with Crippen molar-refractivity contribution in [2.75, 3.05) is 0 Å². The number of ether oxygens (including phenoxy) is 2. The lowest BCUT2D eigenvalue weighted by Crippen LogP contribution is -2.29. The van der Waals surface area contributed by atoms with Gasteiger partial charge in [-0.05, 0) is 38.3 Å². The van der Waals surface area contributed by atoms with E-state index in [0.29, 0.717) is 5.75 Å². The fourth-order valence-corrected chi connectivity index (χ4v) is 4.05. The van der Waals surface area contributed by atoms with Crippen LogP contribution in [0.25, 0.3) is 10.6 Å². The molecule has 3 unspecified atom stereocenters. The minimum Gasteiger partial charge on any atom is -0.426 e. The van der Waals surface area contributed by atoms with E-state index in [1.807, 2.05) is 36.6 Å². The standard InChI is InChI=1S/C17H17NO3S/c1-10-9-22-16(18-10)11-3-2-4-12(7-11)21-17(19)14-8-13-5-6-15(14)20-13/h2-4,7,9,13-15H,5-6,8H2,1H3. The second-order valence-corrected chi connectivity index (χ2v) is 6.82. The Bertz CT molecular complexity index is 711. The van der Waals surface area contributed by atoms with Crippen molar-refractivity contribution < 1.29 is 14.3 Å². The molecule has 3 atom stereocenters. The monoisotopic (exact) mass is 315 g/mol. The van der Waals surface area contributed by atoms with Gasteiger partial charge in [0.25, 0.3) is 0 Å². The van der Waals surface area contributed by atoms with Crippen molar-refractivity contribution in [3.8, 4) is 16.3 Å². The van der Waals surface area contributed by atoms with Crippen LogP contribution in [0.15, 0.2) is 29.6 Å². The van der Waals surface area contributed by atoms with Gasteiger partial charge < -0.3 is 9.47 Å². The molecule has 2 aliphatic rings. The Morgan fingerprint density at radius 1 is 1.41 bits per heavy atom. The van der Waals surface area contributed by atoms with Gasteiger partial charge in [0, 0.05) is 16.6 Å². The fraction of sp³-hybridized carbons (Fsp3) is 0.412. The highest BCUT2D eigenvalue weighted by Gasteiger charge is 2.45. The molecule has 0 spiro atoms. The predicted octanol–water partition coefficient (Wildman–Crippen LogP) is 3.59. The van der Waals surface area contributed by atoms with Gasteiger partial charge in [-0.3, -0.25) is 4.79 Å². The summed E-state index contributed by atoms with van der Waals surface area (Å²) in [5, 5.41) is 2.96. The van der Waals surface area contributed by atoms with Crippen molar-refractivity contribution in [2.24, 2.45) is 5.92 Å². The molecule has 0 radical (unpaired) electrons. The number of benzene rings is 1. The summed E-state index contributed by atoms with van der Waals surface area (Å²) in [6.45, 7) is 1.97. The van der Waals surface area contributed by atoms with Gasteiger partial charge in [-0.15, -0.1) is 11.3 Å². The van der Waals surface area contributed by atoms with Crippen LogP contribution < -0.4 is 4.74 Å². The lowest BCUT2D eigenvalue weighted by molar-refractivity contribution is -0.140. The summed E-state index contributed by atoms with van der Waals surface area (Å²) in [4.78, 5) is 16.8. The molecule has 0 N–H and O–H groups in total. The third-order valence-electron chi connectivity index (χ3n) is 4.33. The van der Waals surface area contributed by atoms with E-state index in [2.05, 4.69) is 4.98 Å². The van der Waals surface area contributed by atoms with Crippen LogP contribution in [0.4, 0.5) is 0 Å². The summed E-state index contributed by atoms with van der Waals surface area (Å²) in [5.41, 5.74) is 1.98. The van der Waals surface area contributed by atoms with Crippen LogP contribution in [0.3, 0.4) is 0 Å². The lowest BCUT2D eigenvalue weighted by Gasteiger charge is -2.17.